The largest absolute Gasteiger partial charge is 0.469 e. The molecule has 1 aromatic carbocycles. The number of hydrogen-bond donors (Lipinski definition) is 2. The maximum Gasteiger partial charge on any atom is 0.191 e. The molecule has 0 saturated heterocycles. The molecule has 1 heterocycles. The second kappa shape index (κ2) is 8.98. The van der Waals surface area contributed by atoms with Gasteiger partial charge in [0, 0.05) is 26.1 Å². The maximum atomic E-state index is 13.1. The van der Waals surface area contributed by atoms with Gasteiger partial charge in [0.05, 0.1) is 6.26 Å². The summed E-state index contributed by atoms with van der Waals surface area (Å²) >= 11 is 0. The second-order valence-electron chi connectivity index (χ2n) is 5.34. The number of guanidine groups is 1. The molecule has 5 heteroatoms. The van der Waals surface area contributed by atoms with Gasteiger partial charge >= 0.3 is 0 Å². The molecule has 2 N–H and O–H groups in total. The number of furan rings is 1. The molecule has 0 spiro atoms. The van der Waals surface area contributed by atoms with Crippen molar-refractivity contribution in [2.45, 2.75) is 26.7 Å². The highest BCUT2D eigenvalue weighted by atomic mass is 19.1. The van der Waals surface area contributed by atoms with E-state index in [0.717, 1.165) is 48.8 Å². The molecule has 0 atom stereocenters. The summed E-state index contributed by atoms with van der Waals surface area (Å²) in [5.74, 6) is 1.54. The Morgan fingerprint density at radius 1 is 1.22 bits per heavy atom. The molecule has 0 unspecified atom stereocenters. The van der Waals surface area contributed by atoms with Crippen molar-refractivity contribution in [3.63, 3.8) is 0 Å². The zero-order valence-corrected chi connectivity index (χ0v) is 13.7. The van der Waals surface area contributed by atoms with Crippen LogP contribution in [0.25, 0.3) is 0 Å². The van der Waals surface area contributed by atoms with Crippen LogP contribution in [0.15, 0.2) is 46.0 Å². The van der Waals surface area contributed by atoms with Gasteiger partial charge < -0.3 is 15.1 Å². The van der Waals surface area contributed by atoms with Gasteiger partial charge in [-0.3, -0.25) is 4.99 Å². The summed E-state index contributed by atoms with van der Waals surface area (Å²) in [4.78, 5) is 4.53. The lowest BCUT2D eigenvalue weighted by molar-refractivity contribution is 0.510. The average molecular weight is 317 g/mol. The van der Waals surface area contributed by atoms with E-state index in [1.54, 1.807) is 12.3 Å². The Hall–Kier alpha value is -2.30. The zero-order chi connectivity index (χ0) is 16.5. The highest BCUT2D eigenvalue weighted by molar-refractivity contribution is 5.79. The summed E-state index contributed by atoms with van der Waals surface area (Å²) in [6.07, 6.45) is 3.28. The third kappa shape index (κ3) is 5.77. The minimum atomic E-state index is -0.188. The Kier molecular flexibility index (Phi) is 6.66. The van der Waals surface area contributed by atoms with E-state index < -0.39 is 0 Å². The van der Waals surface area contributed by atoms with Crippen LogP contribution in [0.5, 0.6) is 0 Å². The molecule has 2 rings (SSSR count). The molecule has 0 aliphatic carbocycles. The van der Waals surface area contributed by atoms with Crippen LogP contribution in [0, 0.1) is 12.7 Å². The van der Waals surface area contributed by atoms with E-state index in [0.29, 0.717) is 6.54 Å². The molecule has 2 aromatic rings. The number of rotatable bonds is 7. The van der Waals surface area contributed by atoms with Crippen LogP contribution in [-0.4, -0.2) is 25.6 Å². The third-order valence-corrected chi connectivity index (χ3v) is 3.54. The normalized spacial score (nSPS) is 11.5. The summed E-state index contributed by atoms with van der Waals surface area (Å²) < 4.78 is 18.4. The van der Waals surface area contributed by atoms with Gasteiger partial charge in [0.25, 0.3) is 0 Å². The minimum absolute atomic E-state index is 0.188. The molecule has 0 bridgehead atoms. The van der Waals surface area contributed by atoms with Gasteiger partial charge in [-0.15, -0.1) is 0 Å². The predicted octanol–water partition coefficient (Wildman–Crippen LogP) is 3.07. The Morgan fingerprint density at radius 2 is 2.09 bits per heavy atom. The van der Waals surface area contributed by atoms with Crippen molar-refractivity contribution < 1.29 is 8.81 Å². The number of aliphatic imine (C=N–C) groups is 1. The minimum Gasteiger partial charge on any atom is -0.469 e. The summed E-state index contributed by atoms with van der Waals surface area (Å²) in [5, 5.41) is 6.53. The fraction of sp³-hybridized carbons (Fsp3) is 0.389. The van der Waals surface area contributed by atoms with E-state index in [9.17, 15) is 4.39 Å². The van der Waals surface area contributed by atoms with E-state index in [2.05, 4.69) is 15.6 Å². The van der Waals surface area contributed by atoms with Gasteiger partial charge in [-0.2, -0.15) is 0 Å². The maximum absolute atomic E-state index is 13.1. The molecular weight excluding hydrogens is 293 g/mol. The van der Waals surface area contributed by atoms with Gasteiger partial charge in [-0.1, -0.05) is 6.07 Å². The summed E-state index contributed by atoms with van der Waals surface area (Å²) in [6.45, 7) is 6.19. The van der Waals surface area contributed by atoms with E-state index in [-0.39, 0.29) is 5.82 Å². The Bertz CT molecular complexity index is 623. The number of hydrogen-bond acceptors (Lipinski definition) is 2. The Labute approximate surface area is 136 Å². The van der Waals surface area contributed by atoms with Gasteiger partial charge in [0.2, 0.25) is 0 Å². The highest BCUT2D eigenvalue weighted by Crippen LogP contribution is 2.10. The van der Waals surface area contributed by atoms with Crippen LogP contribution < -0.4 is 10.6 Å². The first-order chi connectivity index (χ1) is 11.2. The Balaban J connectivity index is 1.81. The second-order valence-corrected chi connectivity index (χ2v) is 5.34. The van der Waals surface area contributed by atoms with Gasteiger partial charge in [0.15, 0.2) is 5.96 Å². The first-order valence-corrected chi connectivity index (χ1v) is 7.98. The quantitative estimate of drug-likeness (QED) is 0.609. The molecule has 124 valence electrons. The van der Waals surface area contributed by atoms with Crippen molar-refractivity contribution in [2.75, 3.05) is 19.6 Å². The summed E-state index contributed by atoms with van der Waals surface area (Å²) in [7, 11) is 0. The first-order valence-electron chi connectivity index (χ1n) is 7.98. The molecule has 4 nitrogen and oxygen atoms in total. The molecule has 0 aliphatic heterocycles. The lowest BCUT2D eigenvalue weighted by Gasteiger charge is -2.12. The predicted molar refractivity (Wildman–Crippen MR) is 91.2 cm³/mol. The molecule has 0 aliphatic rings. The van der Waals surface area contributed by atoms with E-state index in [1.807, 2.05) is 32.0 Å². The van der Waals surface area contributed by atoms with Crippen molar-refractivity contribution in [3.05, 3.63) is 59.3 Å². The molecule has 0 radical (unpaired) electrons. The fourth-order valence-corrected chi connectivity index (χ4v) is 2.33. The van der Waals surface area contributed by atoms with E-state index >= 15 is 0 Å². The van der Waals surface area contributed by atoms with Crippen LogP contribution >= 0.6 is 0 Å². The lowest BCUT2D eigenvalue weighted by atomic mass is 10.1. The molecule has 1 aromatic heterocycles. The van der Waals surface area contributed by atoms with E-state index in [4.69, 9.17) is 4.42 Å². The van der Waals surface area contributed by atoms with Gasteiger partial charge in [-0.05, 0) is 55.7 Å². The summed E-state index contributed by atoms with van der Waals surface area (Å²) in [6, 6.07) is 8.75. The van der Waals surface area contributed by atoms with Crippen molar-refractivity contribution in [2.24, 2.45) is 4.99 Å². The topological polar surface area (TPSA) is 49.6 Å². The first kappa shape index (κ1) is 17.1. The number of benzene rings is 1. The van der Waals surface area contributed by atoms with Gasteiger partial charge in [-0.25, -0.2) is 4.39 Å². The molecule has 0 fully saturated rings. The van der Waals surface area contributed by atoms with E-state index in [1.165, 1.54) is 6.07 Å². The van der Waals surface area contributed by atoms with Crippen LogP contribution in [0.3, 0.4) is 0 Å². The van der Waals surface area contributed by atoms with Crippen LogP contribution in [0.4, 0.5) is 4.39 Å². The van der Waals surface area contributed by atoms with Crippen molar-refractivity contribution in [1.82, 2.24) is 10.6 Å². The lowest BCUT2D eigenvalue weighted by Crippen LogP contribution is -2.38. The summed E-state index contributed by atoms with van der Waals surface area (Å²) in [5.41, 5.74) is 2.12. The SMILES string of the molecule is CCNC(=NCCc1ccco1)NCCc1ccc(F)cc1C. The van der Waals surface area contributed by atoms with Crippen LogP contribution in [0.2, 0.25) is 0 Å². The van der Waals surface area contributed by atoms with Crippen LogP contribution in [0.1, 0.15) is 23.8 Å². The average Bonchev–Trinajstić information content (AvgIpc) is 3.03. The fourth-order valence-electron chi connectivity index (χ4n) is 2.33. The van der Waals surface area contributed by atoms with Crippen molar-refractivity contribution in [1.29, 1.82) is 0 Å². The highest BCUT2D eigenvalue weighted by Gasteiger charge is 2.02. The Morgan fingerprint density at radius 3 is 2.78 bits per heavy atom. The monoisotopic (exact) mass is 317 g/mol. The smallest absolute Gasteiger partial charge is 0.191 e. The number of aryl methyl sites for hydroxylation is 1. The zero-order valence-electron chi connectivity index (χ0n) is 13.7. The number of nitrogens with one attached hydrogen (secondary N) is 2. The number of halogens is 1. The standard InChI is InChI=1S/C18H24FN3O/c1-3-20-18(22-11-9-17-5-4-12-23-17)21-10-8-15-6-7-16(19)13-14(15)2/h4-7,12-13H,3,8-11H2,1-2H3,(H2,20,21,22). The van der Waals surface area contributed by atoms with Gasteiger partial charge in [0.1, 0.15) is 11.6 Å². The molecule has 0 amide bonds. The molecule has 23 heavy (non-hydrogen) atoms. The van der Waals surface area contributed by atoms with Crippen molar-refractivity contribution in [3.8, 4) is 0 Å². The third-order valence-electron chi connectivity index (χ3n) is 3.54. The number of nitrogens with zero attached hydrogens (tertiary/aromatic N) is 1. The molecule has 0 saturated carbocycles. The van der Waals surface area contributed by atoms with Crippen molar-refractivity contribution >= 4 is 5.96 Å². The van der Waals surface area contributed by atoms with Crippen LogP contribution in [-0.2, 0) is 12.8 Å². The molecular formula is C18H24FN3O.